The predicted molar refractivity (Wildman–Crippen MR) is 72.0 cm³/mol. The molecule has 0 aromatic carbocycles. The standard InChI is InChI=1S/C13H20N4O/c14-13(16-18)12-7-6-11(10-15-12)17-8-4-2-1-3-5-9-17/h6-7,10,18H,1-5,8-9H2,(H2,14,16). The van der Waals surface area contributed by atoms with Crippen molar-refractivity contribution in [2.24, 2.45) is 10.9 Å². The molecule has 18 heavy (non-hydrogen) atoms. The molecule has 0 unspecified atom stereocenters. The van der Waals surface area contributed by atoms with Gasteiger partial charge in [0.15, 0.2) is 5.84 Å². The molecule has 3 N–H and O–H groups in total. The fourth-order valence-corrected chi connectivity index (χ4v) is 2.28. The molecule has 1 aromatic heterocycles. The van der Waals surface area contributed by atoms with Crippen molar-refractivity contribution in [2.45, 2.75) is 32.1 Å². The van der Waals surface area contributed by atoms with E-state index in [0.29, 0.717) is 5.69 Å². The number of nitrogens with two attached hydrogens (primary N) is 1. The summed E-state index contributed by atoms with van der Waals surface area (Å²) in [7, 11) is 0. The van der Waals surface area contributed by atoms with Crippen molar-refractivity contribution in [2.75, 3.05) is 18.0 Å². The second kappa shape index (κ2) is 6.23. The van der Waals surface area contributed by atoms with Gasteiger partial charge in [0.2, 0.25) is 0 Å². The molecule has 0 radical (unpaired) electrons. The first-order valence-corrected chi connectivity index (χ1v) is 6.50. The number of anilines is 1. The van der Waals surface area contributed by atoms with Gasteiger partial charge < -0.3 is 15.8 Å². The number of amidine groups is 1. The van der Waals surface area contributed by atoms with Crippen LogP contribution in [0.5, 0.6) is 0 Å². The van der Waals surface area contributed by atoms with Crippen LogP contribution in [0.4, 0.5) is 5.69 Å². The first-order chi connectivity index (χ1) is 8.81. The van der Waals surface area contributed by atoms with E-state index < -0.39 is 0 Å². The average Bonchev–Trinajstić information content (AvgIpc) is 2.38. The number of oxime groups is 1. The maximum atomic E-state index is 8.59. The zero-order valence-electron chi connectivity index (χ0n) is 10.5. The van der Waals surface area contributed by atoms with E-state index in [9.17, 15) is 0 Å². The van der Waals surface area contributed by atoms with Gasteiger partial charge >= 0.3 is 0 Å². The van der Waals surface area contributed by atoms with E-state index in [1.54, 1.807) is 12.3 Å². The highest BCUT2D eigenvalue weighted by atomic mass is 16.4. The fraction of sp³-hybridized carbons (Fsp3) is 0.538. The van der Waals surface area contributed by atoms with Crippen LogP contribution in [-0.4, -0.2) is 29.1 Å². The number of nitrogens with zero attached hydrogens (tertiary/aromatic N) is 3. The van der Waals surface area contributed by atoms with Gasteiger partial charge in [-0.3, -0.25) is 4.98 Å². The van der Waals surface area contributed by atoms with Gasteiger partial charge in [-0.05, 0) is 25.0 Å². The van der Waals surface area contributed by atoms with Crippen molar-refractivity contribution in [3.05, 3.63) is 24.0 Å². The van der Waals surface area contributed by atoms with Gasteiger partial charge in [0, 0.05) is 13.1 Å². The Morgan fingerprint density at radius 3 is 2.39 bits per heavy atom. The Bertz CT molecular complexity index is 394. The number of pyridine rings is 1. The highest BCUT2D eigenvalue weighted by molar-refractivity contribution is 5.95. The molecule has 0 bridgehead atoms. The zero-order chi connectivity index (χ0) is 12.8. The molecule has 5 heteroatoms. The van der Waals surface area contributed by atoms with Gasteiger partial charge in [0.25, 0.3) is 0 Å². The zero-order valence-corrected chi connectivity index (χ0v) is 10.5. The summed E-state index contributed by atoms with van der Waals surface area (Å²) in [5.74, 6) is 0.0502. The third-order valence-corrected chi connectivity index (χ3v) is 3.34. The molecule has 98 valence electrons. The van der Waals surface area contributed by atoms with Crippen LogP contribution in [0.1, 0.15) is 37.8 Å². The normalized spacial score (nSPS) is 18.2. The van der Waals surface area contributed by atoms with Crippen LogP contribution in [0.3, 0.4) is 0 Å². The number of rotatable bonds is 2. The Kier molecular flexibility index (Phi) is 4.39. The lowest BCUT2D eigenvalue weighted by molar-refractivity contribution is 0.318. The Hall–Kier alpha value is -1.78. The predicted octanol–water partition coefficient (Wildman–Crippen LogP) is 1.95. The lowest BCUT2D eigenvalue weighted by Gasteiger charge is -2.26. The molecule has 0 amide bonds. The molecule has 1 aliphatic rings. The third kappa shape index (κ3) is 3.12. The van der Waals surface area contributed by atoms with Crippen LogP contribution in [0, 0.1) is 0 Å². The van der Waals surface area contributed by atoms with Gasteiger partial charge in [-0.2, -0.15) is 0 Å². The lowest BCUT2D eigenvalue weighted by atomic mass is 10.1. The molecule has 1 fully saturated rings. The Balaban J connectivity index is 2.07. The van der Waals surface area contributed by atoms with Crippen LogP contribution in [0.2, 0.25) is 0 Å². The van der Waals surface area contributed by atoms with Gasteiger partial charge in [0.1, 0.15) is 5.69 Å². The van der Waals surface area contributed by atoms with Crippen LogP contribution in [0.25, 0.3) is 0 Å². The SMILES string of the molecule is N/C(=N/O)c1ccc(N2CCCCCCC2)cn1. The van der Waals surface area contributed by atoms with E-state index in [0.717, 1.165) is 18.8 Å². The summed E-state index contributed by atoms with van der Waals surface area (Å²) in [4.78, 5) is 6.58. The third-order valence-electron chi connectivity index (χ3n) is 3.34. The molecular formula is C13H20N4O. The van der Waals surface area contributed by atoms with E-state index in [1.807, 2.05) is 6.07 Å². The number of aromatic nitrogens is 1. The van der Waals surface area contributed by atoms with Crippen LogP contribution in [-0.2, 0) is 0 Å². The summed E-state index contributed by atoms with van der Waals surface area (Å²) in [5.41, 5.74) is 7.12. The maximum Gasteiger partial charge on any atom is 0.188 e. The van der Waals surface area contributed by atoms with Crippen molar-refractivity contribution in [3.63, 3.8) is 0 Å². The van der Waals surface area contributed by atoms with Gasteiger partial charge in [0.05, 0.1) is 11.9 Å². The second-order valence-corrected chi connectivity index (χ2v) is 4.64. The minimum Gasteiger partial charge on any atom is -0.409 e. The summed E-state index contributed by atoms with van der Waals surface area (Å²) in [5, 5.41) is 11.5. The maximum absolute atomic E-state index is 8.59. The van der Waals surface area contributed by atoms with Crippen molar-refractivity contribution in [3.8, 4) is 0 Å². The second-order valence-electron chi connectivity index (χ2n) is 4.64. The summed E-state index contributed by atoms with van der Waals surface area (Å²) >= 11 is 0. The monoisotopic (exact) mass is 248 g/mol. The van der Waals surface area contributed by atoms with E-state index in [2.05, 4.69) is 15.0 Å². The molecule has 2 heterocycles. The summed E-state index contributed by atoms with van der Waals surface area (Å²) in [6.07, 6.45) is 8.26. The lowest BCUT2D eigenvalue weighted by Crippen LogP contribution is -2.27. The molecule has 1 aliphatic heterocycles. The molecular weight excluding hydrogens is 228 g/mol. The first-order valence-electron chi connectivity index (χ1n) is 6.50. The Labute approximate surface area is 107 Å². The summed E-state index contributed by atoms with van der Waals surface area (Å²) < 4.78 is 0. The summed E-state index contributed by atoms with van der Waals surface area (Å²) in [6.45, 7) is 2.18. The largest absolute Gasteiger partial charge is 0.409 e. The topological polar surface area (TPSA) is 74.7 Å². The van der Waals surface area contributed by atoms with Crippen LogP contribution >= 0.6 is 0 Å². The molecule has 0 spiro atoms. The first kappa shape index (κ1) is 12.7. The van der Waals surface area contributed by atoms with Crippen molar-refractivity contribution < 1.29 is 5.21 Å². The van der Waals surface area contributed by atoms with E-state index in [1.165, 1.54) is 32.1 Å². The van der Waals surface area contributed by atoms with Crippen molar-refractivity contribution in [1.29, 1.82) is 0 Å². The molecule has 5 nitrogen and oxygen atoms in total. The van der Waals surface area contributed by atoms with E-state index in [4.69, 9.17) is 10.9 Å². The van der Waals surface area contributed by atoms with E-state index in [-0.39, 0.29) is 5.84 Å². The van der Waals surface area contributed by atoms with Gasteiger partial charge in [-0.25, -0.2) is 0 Å². The highest BCUT2D eigenvalue weighted by Gasteiger charge is 2.10. The van der Waals surface area contributed by atoms with Crippen LogP contribution < -0.4 is 10.6 Å². The minimum atomic E-state index is 0.0502. The Morgan fingerprint density at radius 1 is 1.17 bits per heavy atom. The van der Waals surface area contributed by atoms with Crippen LogP contribution in [0.15, 0.2) is 23.5 Å². The summed E-state index contributed by atoms with van der Waals surface area (Å²) in [6, 6.07) is 3.78. The highest BCUT2D eigenvalue weighted by Crippen LogP contribution is 2.18. The molecule has 1 saturated heterocycles. The van der Waals surface area contributed by atoms with E-state index >= 15 is 0 Å². The average molecular weight is 248 g/mol. The number of hydrogen-bond acceptors (Lipinski definition) is 4. The number of hydrogen-bond donors (Lipinski definition) is 2. The van der Waals surface area contributed by atoms with Crippen molar-refractivity contribution in [1.82, 2.24) is 4.98 Å². The quantitative estimate of drug-likeness (QED) is 0.363. The molecule has 2 rings (SSSR count). The fourth-order valence-electron chi connectivity index (χ4n) is 2.28. The van der Waals surface area contributed by atoms with Crippen molar-refractivity contribution >= 4 is 11.5 Å². The Morgan fingerprint density at radius 2 is 1.83 bits per heavy atom. The molecule has 0 saturated carbocycles. The van der Waals surface area contributed by atoms with Gasteiger partial charge in [-0.15, -0.1) is 0 Å². The molecule has 0 aliphatic carbocycles. The van der Waals surface area contributed by atoms with Gasteiger partial charge in [-0.1, -0.05) is 24.4 Å². The smallest absolute Gasteiger partial charge is 0.188 e. The minimum absolute atomic E-state index is 0.0502. The molecule has 1 aromatic rings. The molecule has 0 atom stereocenters.